The zero-order chi connectivity index (χ0) is 13.6. The molecule has 0 fully saturated rings. The first-order valence-electron chi connectivity index (χ1n) is 6.16. The summed E-state index contributed by atoms with van der Waals surface area (Å²) in [5, 5.41) is 6.16. The summed E-state index contributed by atoms with van der Waals surface area (Å²) in [7, 11) is 1.53. The van der Waals surface area contributed by atoms with Gasteiger partial charge in [-0.3, -0.25) is 4.79 Å². The highest BCUT2D eigenvalue weighted by Gasteiger charge is 2.27. The number of ether oxygens (including phenoxy) is 1. The summed E-state index contributed by atoms with van der Waals surface area (Å²) in [6, 6.07) is 7.77. The summed E-state index contributed by atoms with van der Waals surface area (Å²) < 4.78 is 5.17. The molecule has 0 aliphatic rings. The summed E-state index contributed by atoms with van der Waals surface area (Å²) >= 11 is 0. The Balaban J connectivity index is 2.81. The molecule has 1 aromatic rings. The number of anilines is 1. The van der Waals surface area contributed by atoms with E-state index in [1.807, 2.05) is 24.3 Å². The molecule has 0 saturated heterocycles. The van der Waals surface area contributed by atoms with Crippen molar-refractivity contribution in [2.24, 2.45) is 0 Å². The quantitative estimate of drug-likeness (QED) is 0.813. The van der Waals surface area contributed by atoms with Crippen molar-refractivity contribution in [1.82, 2.24) is 5.32 Å². The van der Waals surface area contributed by atoms with E-state index in [1.165, 1.54) is 7.11 Å². The number of para-hydroxylation sites is 1. The van der Waals surface area contributed by atoms with Crippen molar-refractivity contribution >= 4 is 11.6 Å². The minimum absolute atomic E-state index is 0.144. The second-order valence-electron chi connectivity index (χ2n) is 4.61. The molecule has 100 valence electrons. The van der Waals surface area contributed by atoms with E-state index in [9.17, 15) is 4.79 Å². The second kappa shape index (κ2) is 6.52. The lowest BCUT2D eigenvalue weighted by molar-refractivity contribution is -0.133. The van der Waals surface area contributed by atoms with Gasteiger partial charge in [0, 0.05) is 19.3 Å². The van der Waals surface area contributed by atoms with Gasteiger partial charge in [0.1, 0.15) is 5.60 Å². The lowest BCUT2D eigenvalue weighted by atomic mass is 10.1. The van der Waals surface area contributed by atoms with E-state index in [1.54, 1.807) is 13.8 Å². The highest BCUT2D eigenvalue weighted by molar-refractivity contribution is 5.97. The van der Waals surface area contributed by atoms with E-state index in [0.717, 1.165) is 24.3 Å². The molecule has 0 atom stereocenters. The zero-order valence-electron chi connectivity index (χ0n) is 11.5. The maximum absolute atomic E-state index is 12.0. The molecule has 1 rings (SSSR count). The monoisotopic (exact) mass is 250 g/mol. The predicted octanol–water partition coefficient (Wildman–Crippen LogP) is 2.16. The van der Waals surface area contributed by atoms with E-state index in [2.05, 4.69) is 17.6 Å². The van der Waals surface area contributed by atoms with Gasteiger partial charge in [0.25, 0.3) is 5.91 Å². The van der Waals surface area contributed by atoms with E-state index in [0.29, 0.717) is 0 Å². The van der Waals surface area contributed by atoms with Crippen LogP contribution >= 0.6 is 0 Å². The van der Waals surface area contributed by atoms with Crippen LogP contribution in [0.1, 0.15) is 26.3 Å². The molecule has 18 heavy (non-hydrogen) atoms. The fourth-order valence-electron chi connectivity index (χ4n) is 1.42. The number of hydrogen-bond acceptors (Lipinski definition) is 3. The summed E-state index contributed by atoms with van der Waals surface area (Å²) in [6.07, 6.45) is 0. The molecule has 2 N–H and O–H groups in total. The van der Waals surface area contributed by atoms with Gasteiger partial charge in [-0.15, -0.1) is 0 Å². The van der Waals surface area contributed by atoms with E-state index < -0.39 is 5.60 Å². The van der Waals surface area contributed by atoms with Crippen LogP contribution < -0.4 is 10.6 Å². The average Bonchev–Trinajstić information content (AvgIpc) is 2.37. The Bertz CT molecular complexity index is 403. The van der Waals surface area contributed by atoms with Crippen LogP contribution in [0.5, 0.6) is 0 Å². The van der Waals surface area contributed by atoms with E-state index >= 15 is 0 Å². The van der Waals surface area contributed by atoms with E-state index in [4.69, 9.17) is 4.74 Å². The van der Waals surface area contributed by atoms with Crippen molar-refractivity contribution < 1.29 is 9.53 Å². The van der Waals surface area contributed by atoms with Crippen molar-refractivity contribution in [3.8, 4) is 0 Å². The number of benzene rings is 1. The summed E-state index contributed by atoms with van der Waals surface area (Å²) in [4.78, 5) is 12.0. The predicted molar refractivity (Wildman–Crippen MR) is 73.5 cm³/mol. The lowest BCUT2D eigenvalue weighted by Crippen LogP contribution is -2.39. The molecule has 0 aliphatic carbocycles. The minimum Gasteiger partial charge on any atom is -0.369 e. The maximum atomic E-state index is 12.0. The van der Waals surface area contributed by atoms with Gasteiger partial charge in [0.05, 0.1) is 0 Å². The molecule has 0 radical (unpaired) electrons. The third-order valence-electron chi connectivity index (χ3n) is 2.89. The molecule has 1 aromatic carbocycles. The van der Waals surface area contributed by atoms with Crippen LogP contribution in [0.15, 0.2) is 24.3 Å². The molecule has 0 spiro atoms. The van der Waals surface area contributed by atoms with Gasteiger partial charge in [0.2, 0.25) is 0 Å². The smallest absolute Gasteiger partial charge is 0.256 e. The molecule has 0 aliphatic heterocycles. The molecule has 0 unspecified atom stereocenters. The molecule has 4 nitrogen and oxygen atoms in total. The summed E-state index contributed by atoms with van der Waals surface area (Å²) in [5.74, 6) is -0.144. The zero-order valence-corrected chi connectivity index (χ0v) is 11.5. The molecular formula is C14H22N2O2. The largest absolute Gasteiger partial charge is 0.369 e. The minimum atomic E-state index is -0.828. The van der Waals surface area contributed by atoms with Gasteiger partial charge in [-0.1, -0.05) is 25.1 Å². The van der Waals surface area contributed by atoms with Crippen LogP contribution in [0.4, 0.5) is 5.69 Å². The van der Waals surface area contributed by atoms with Crippen molar-refractivity contribution in [2.75, 3.05) is 19.0 Å². The molecule has 0 heterocycles. The third-order valence-corrected chi connectivity index (χ3v) is 2.89. The first-order valence-corrected chi connectivity index (χ1v) is 6.16. The van der Waals surface area contributed by atoms with E-state index in [-0.39, 0.29) is 5.91 Å². The number of nitrogens with one attached hydrogen (secondary N) is 2. The molecule has 4 heteroatoms. The van der Waals surface area contributed by atoms with Gasteiger partial charge >= 0.3 is 0 Å². The maximum Gasteiger partial charge on any atom is 0.256 e. The SMILES string of the molecule is CCNCc1ccccc1NC(=O)C(C)(C)OC. The van der Waals surface area contributed by atoms with Gasteiger partial charge in [0.15, 0.2) is 0 Å². The summed E-state index contributed by atoms with van der Waals surface area (Å²) in [6.45, 7) is 7.17. The Hall–Kier alpha value is -1.39. The molecule has 0 saturated carbocycles. The Morgan fingerprint density at radius 1 is 1.33 bits per heavy atom. The number of hydrogen-bond donors (Lipinski definition) is 2. The number of carbonyl (C=O) groups is 1. The highest BCUT2D eigenvalue weighted by atomic mass is 16.5. The van der Waals surface area contributed by atoms with Gasteiger partial charge in [-0.25, -0.2) is 0 Å². The van der Waals surface area contributed by atoms with Crippen LogP contribution in [0, 0.1) is 0 Å². The average molecular weight is 250 g/mol. The van der Waals surface area contributed by atoms with Gasteiger partial charge < -0.3 is 15.4 Å². The Labute approximate surface area is 109 Å². The third kappa shape index (κ3) is 3.82. The lowest BCUT2D eigenvalue weighted by Gasteiger charge is -2.22. The molecule has 1 amide bonds. The van der Waals surface area contributed by atoms with Crippen LogP contribution in [0.3, 0.4) is 0 Å². The van der Waals surface area contributed by atoms with Crippen molar-refractivity contribution in [1.29, 1.82) is 0 Å². The standard InChI is InChI=1S/C14H22N2O2/c1-5-15-10-11-8-6-7-9-12(11)16-13(17)14(2,3)18-4/h6-9,15H,5,10H2,1-4H3,(H,16,17). The summed E-state index contributed by atoms with van der Waals surface area (Å²) in [5.41, 5.74) is 1.07. The number of rotatable bonds is 6. The topological polar surface area (TPSA) is 50.4 Å². The van der Waals surface area contributed by atoms with Crippen LogP contribution in [0.2, 0.25) is 0 Å². The number of methoxy groups -OCH3 is 1. The fourth-order valence-corrected chi connectivity index (χ4v) is 1.42. The van der Waals surface area contributed by atoms with Crippen molar-refractivity contribution in [2.45, 2.75) is 32.9 Å². The van der Waals surface area contributed by atoms with Crippen LogP contribution in [-0.2, 0) is 16.1 Å². The first-order chi connectivity index (χ1) is 8.51. The fraction of sp³-hybridized carbons (Fsp3) is 0.500. The second-order valence-corrected chi connectivity index (χ2v) is 4.61. The highest BCUT2D eigenvalue weighted by Crippen LogP contribution is 2.18. The number of amides is 1. The van der Waals surface area contributed by atoms with Crippen LogP contribution in [0.25, 0.3) is 0 Å². The van der Waals surface area contributed by atoms with Gasteiger partial charge in [-0.2, -0.15) is 0 Å². The molecular weight excluding hydrogens is 228 g/mol. The van der Waals surface area contributed by atoms with Crippen molar-refractivity contribution in [3.05, 3.63) is 29.8 Å². The van der Waals surface area contributed by atoms with Gasteiger partial charge in [-0.05, 0) is 32.0 Å². The molecule has 0 bridgehead atoms. The first kappa shape index (κ1) is 14.7. The Morgan fingerprint density at radius 3 is 2.61 bits per heavy atom. The normalized spacial score (nSPS) is 11.3. The number of carbonyl (C=O) groups excluding carboxylic acids is 1. The van der Waals surface area contributed by atoms with Crippen LogP contribution in [-0.4, -0.2) is 25.2 Å². The molecule has 0 aromatic heterocycles. The Kier molecular flexibility index (Phi) is 5.31. The Morgan fingerprint density at radius 2 is 2.00 bits per heavy atom. The van der Waals surface area contributed by atoms with Crippen molar-refractivity contribution in [3.63, 3.8) is 0 Å².